The molecule has 0 heterocycles. The fourth-order valence-electron chi connectivity index (χ4n) is 0.830. The quantitative estimate of drug-likeness (QED) is 0.463. The Kier molecular flexibility index (Phi) is 2.36. The highest BCUT2D eigenvalue weighted by atomic mass is 35.7. The summed E-state index contributed by atoms with van der Waals surface area (Å²) in [4.78, 5) is 0.244. The van der Waals surface area contributed by atoms with Crippen molar-refractivity contribution in [3.8, 4) is 0 Å². The summed E-state index contributed by atoms with van der Waals surface area (Å²) in [6, 6.07) is 6.75. The number of hydrogen-bond acceptors (Lipinski definition) is 2. The molecule has 0 bridgehead atoms. The maximum Gasteiger partial charge on any atom is 0.261 e. The van der Waals surface area contributed by atoms with Gasteiger partial charge < -0.3 is 0 Å². The molecule has 0 aliphatic carbocycles. The molecular weight excluding hydrogens is 200 g/mol. The van der Waals surface area contributed by atoms with E-state index in [0.29, 0.717) is 10.2 Å². The molecule has 11 heavy (non-hydrogen) atoms. The lowest BCUT2D eigenvalue weighted by molar-refractivity contribution is 0.610. The second kappa shape index (κ2) is 2.96. The number of rotatable bonds is 1. The number of hydrogen-bond donors (Lipinski definition) is 0. The molecule has 0 N–H and O–H groups in total. The van der Waals surface area contributed by atoms with Crippen molar-refractivity contribution in [3.63, 3.8) is 0 Å². The third-order valence-electron chi connectivity index (χ3n) is 1.36. The summed E-state index contributed by atoms with van der Waals surface area (Å²) in [5.74, 6) is 0. The highest BCUT2D eigenvalue weighted by molar-refractivity contribution is 8.13. The molecule has 5 heteroatoms. The summed E-state index contributed by atoms with van der Waals surface area (Å²) >= 11 is 0. The summed E-state index contributed by atoms with van der Waals surface area (Å²) in [6.07, 6.45) is 0. The first-order chi connectivity index (χ1) is 5.02. The van der Waals surface area contributed by atoms with Gasteiger partial charge in [-0.05, 0) is 6.07 Å². The van der Waals surface area contributed by atoms with E-state index in [2.05, 4.69) is 0 Å². The van der Waals surface area contributed by atoms with Crippen LogP contribution >= 0.6 is 10.7 Å². The molecule has 1 aromatic rings. The van der Waals surface area contributed by atoms with E-state index in [1.807, 2.05) is 0 Å². The van der Waals surface area contributed by atoms with Crippen LogP contribution in [0.15, 0.2) is 29.2 Å². The SMILES string of the molecule is O=S(=O)(Cl)c1ccccc1[SiH3]. The monoisotopic (exact) mass is 206 g/mol. The van der Waals surface area contributed by atoms with Gasteiger partial charge in [0.05, 0.1) is 4.90 Å². The van der Waals surface area contributed by atoms with Crippen LogP contribution in [0.4, 0.5) is 0 Å². The van der Waals surface area contributed by atoms with Crippen molar-refractivity contribution < 1.29 is 8.42 Å². The van der Waals surface area contributed by atoms with Crippen LogP contribution in [0, 0.1) is 0 Å². The zero-order valence-corrected chi connectivity index (χ0v) is 9.48. The lowest BCUT2D eigenvalue weighted by atomic mass is 10.4. The van der Waals surface area contributed by atoms with Gasteiger partial charge in [0.25, 0.3) is 9.05 Å². The minimum Gasteiger partial charge on any atom is -0.207 e. The van der Waals surface area contributed by atoms with Crippen LogP contribution < -0.4 is 5.19 Å². The molecule has 0 aromatic heterocycles. The number of halogens is 1. The largest absolute Gasteiger partial charge is 0.261 e. The van der Waals surface area contributed by atoms with Crippen LogP contribution in [0.5, 0.6) is 0 Å². The topological polar surface area (TPSA) is 34.1 Å². The fourth-order valence-corrected chi connectivity index (χ4v) is 3.60. The van der Waals surface area contributed by atoms with Crippen molar-refractivity contribution in [3.05, 3.63) is 24.3 Å². The normalized spacial score (nSPS) is 11.7. The van der Waals surface area contributed by atoms with Gasteiger partial charge in [-0.1, -0.05) is 23.4 Å². The smallest absolute Gasteiger partial charge is 0.207 e. The second-order valence-corrected chi connectivity index (χ2v) is 5.82. The number of benzene rings is 1. The van der Waals surface area contributed by atoms with Crippen LogP contribution in [-0.2, 0) is 9.05 Å². The molecule has 0 saturated heterocycles. The van der Waals surface area contributed by atoms with Crippen LogP contribution in [-0.4, -0.2) is 18.7 Å². The van der Waals surface area contributed by atoms with E-state index in [1.165, 1.54) is 6.07 Å². The van der Waals surface area contributed by atoms with Crippen LogP contribution in [0.1, 0.15) is 0 Å². The zero-order valence-electron chi connectivity index (χ0n) is 5.91. The average molecular weight is 207 g/mol. The molecule has 60 valence electrons. The maximum atomic E-state index is 10.8. The summed E-state index contributed by atoms with van der Waals surface area (Å²) in [7, 11) is 2.32. The zero-order chi connectivity index (χ0) is 8.48. The molecular formula is C6H7ClO2SSi. The molecule has 0 radical (unpaired) electrons. The summed E-state index contributed by atoms with van der Waals surface area (Å²) in [5.41, 5.74) is 0. The Labute approximate surface area is 73.0 Å². The fraction of sp³-hybridized carbons (Fsp3) is 0. The minimum atomic E-state index is -3.53. The molecule has 0 aliphatic heterocycles. The van der Waals surface area contributed by atoms with Gasteiger partial charge in [0.2, 0.25) is 0 Å². The van der Waals surface area contributed by atoms with Crippen molar-refractivity contribution in [2.45, 2.75) is 4.90 Å². The van der Waals surface area contributed by atoms with E-state index in [4.69, 9.17) is 10.7 Å². The minimum absolute atomic E-state index is 0.244. The van der Waals surface area contributed by atoms with Crippen LogP contribution in [0.2, 0.25) is 0 Å². The highest BCUT2D eigenvalue weighted by Crippen LogP contribution is 2.10. The Bertz CT molecular complexity index is 361. The van der Waals surface area contributed by atoms with Crippen molar-refractivity contribution in [1.29, 1.82) is 0 Å². The standard InChI is InChI=1S/C6H7ClO2SSi/c7-10(8,9)5-3-1-2-4-6(5)11/h1-4H,11H3. The molecule has 0 spiro atoms. The van der Waals surface area contributed by atoms with Gasteiger partial charge in [0, 0.05) is 20.9 Å². The molecule has 0 saturated carbocycles. The average Bonchev–Trinajstić information content (AvgIpc) is 1.86. The van der Waals surface area contributed by atoms with Crippen LogP contribution in [0.3, 0.4) is 0 Å². The van der Waals surface area contributed by atoms with Gasteiger partial charge >= 0.3 is 0 Å². The van der Waals surface area contributed by atoms with E-state index in [9.17, 15) is 8.42 Å². The van der Waals surface area contributed by atoms with Gasteiger partial charge in [-0.2, -0.15) is 0 Å². The van der Waals surface area contributed by atoms with Crippen molar-refractivity contribution in [2.75, 3.05) is 0 Å². The third kappa shape index (κ3) is 2.05. The highest BCUT2D eigenvalue weighted by Gasteiger charge is 2.10. The predicted octanol–water partition coefficient (Wildman–Crippen LogP) is -0.395. The molecule has 0 atom stereocenters. The second-order valence-electron chi connectivity index (χ2n) is 2.20. The first-order valence-electron chi connectivity index (χ1n) is 3.02. The first-order valence-corrected chi connectivity index (χ1v) is 6.33. The molecule has 2 nitrogen and oxygen atoms in total. The van der Waals surface area contributed by atoms with Crippen molar-refractivity contribution in [1.82, 2.24) is 0 Å². The molecule has 0 fully saturated rings. The Morgan fingerprint density at radius 1 is 1.27 bits per heavy atom. The summed E-state index contributed by atoms with van der Waals surface area (Å²) in [6.45, 7) is 0. The van der Waals surface area contributed by atoms with Crippen molar-refractivity contribution in [2.24, 2.45) is 0 Å². The molecule has 1 aromatic carbocycles. The Morgan fingerprint density at radius 2 is 1.82 bits per heavy atom. The van der Waals surface area contributed by atoms with E-state index >= 15 is 0 Å². The van der Waals surface area contributed by atoms with Gasteiger partial charge in [0.15, 0.2) is 0 Å². The maximum absolute atomic E-state index is 10.8. The van der Waals surface area contributed by atoms with E-state index in [0.717, 1.165) is 5.19 Å². The summed E-state index contributed by atoms with van der Waals surface area (Å²) in [5, 5.41) is 0.808. The lowest BCUT2D eigenvalue weighted by Gasteiger charge is -1.98. The third-order valence-corrected chi connectivity index (χ3v) is 4.07. The van der Waals surface area contributed by atoms with Gasteiger partial charge in [-0.3, -0.25) is 0 Å². The Hall–Kier alpha value is -0.323. The van der Waals surface area contributed by atoms with Gasteiger partial charge in [-0.15, -0.1) is 0 Å². The summed E-state index contributed by atoms with van der Waals surface area (Å²) < 4.78 is 21.7. The van der Waals surface area contributed by atoms with Gasteiger partial charge in [0.1, 0.15) is 0 Å². The predicted molar refractivity (Wildman–Crippen MR) is 49.1 cm³/mol. The van der Waals surface area contributed by atoms with E-state index in [-0.39, 0.29) is 4.90 Å². The van der Waals surface area contributed by atoms with Gasteiger partial charge in [-0.25, -0.2) is 8.42 Å². The first kappa shape index (κ1) is 8.77. The molecule has 0 amide bonds. The molecule has 0 aliphatic rings. The molecule has 0 unspecified atom stereocenters. The van der Waals surface area contributed by atoms with E-state index in [1.54, 1.807) is 18.2 Å². The Morgan fingerprint density at radius 3 is 2.18 bits per heavy atom. The van der Waals surface area contributed by atoms with Crippen LogP contribution in [0.25, 0.3) is 0 Å². The van der Waals surface area contributed by atoms with Crippen molar-refractivity contribution >= 4 is 35.2 Å². The lowest BCUT2D eigenvalue weighted by Crippen LogP contribution is -2.11. The van der Waals surface area contributed by atoms with E-state index < -0.39 is 9.05 Å². The molecule has 1 rings (SSSR count). The Balaban J connectivity index is 3.37.